The minimum absolute atomic E-state index is 0. The summed E-state index contributed by atoms with van der Waals surface area (Å²) in [6, 6.07) is 8.31. The Morgan fingerprint density at radius 1 is 0.900 bits per heavy atom. The maximum atomic E-state index is 5.77. The van der Waals surface area contributed by atoms with E-state index in [2.05, 4.69) is 52.0 Å². The van der Waals surface area contributed by atoms with Crippen LogP contribution < -0.4 is 28.7 Å². The van der Waals surface area contributed by atoms with E-state index in [0.717, 1.165) is 18.8 Å². The SMILES string of the molecule is CC[N+](CC)(CC)CCCCOc1ccc(C)cc1.[I-]. The lowest BCUT2D eigenvalue weighted by Crippen LogP contribution is -3.00. The van der Waals surface area contributed by atoms with Gasteiger partial charge in [0.2, 0.25) is 0 Å². The van der Waals surface area contributed by atoms with Crippen molar-refractivity contribution in [3.8, 4) is 5.75 Å². The predicted octanol–water partition coefficient (Wildman–Crippen LogP) is 1.03. The first-order chi connectivity index (χ1) is 9.15. The first-order valence-corrected chi connectivity index (χ1v) is 7.70. The topological polar surface area (TPSA) is 9.23 Å². The van der Waals surface area contributed by atoms with Gasteiger partial charge in [0.05, 0.1) is 32.8 Å². The molecule has 0 N–H and O–H groups in total. The van der Waals surface area contributed by atoms with Crippen LogP contribution in [0.2, 0.25) is 0 Å². The minimum Gasteiger partial charge on any atom is -1.00 e. The van der Waals surface area contributed by atoms with Crippen LogP contribution in [0.1, 0.15) is 39.2 Å². The Balaban J connectivity index is 0.00000361. The molecule has 2 nitrogen and oxygen atoms in total. The summed E-state index contributed by atoms with van der Waals surface area (Å²) in [4.78, 5) is 0. The summed E-state index contributed by atoms with van der Waals surface area (Å²) in [5, 5.41) is 0. The van der Waals surface area contributed by atoms with Gasteiger partial charge in [-0.1, -0.05) is 17.7 Å². The van der Waals surface area contributed by atoms with Gasteiger partial charge < -0.3 is 33.2 Å². The van der Waals surface area contributed by atoms with Crippen LogP contribution in [-0.2, 0) is 0 Å². The summed E-state index contributed by atoms with van der Waals surface area (Å²) in [7, 11) is 0. The molecule has 0 saturated carbocycles. The van der Waals surface area contributed by atoms with E-state index in [4.69, 9.17) is 4.74 Å². The predicted molar refractivity (Wildman–Crippen MR) is 82.7 cm³/mol. The molecule has 1 rings (SSSR count). The van der Waals surface area contributed by atoms with Gasteiger partial charge in [0.15, 0.2) is 0 Å². The highest BCUT2D eigenvalue weighted by Crippen LogP contribution is 2.13. The largest absolute Gasteiger partial charge is 1.00 e. The van der Waals surface area contributed by atoms with Gasteiger partial charge >= 0.3 is 0 Å². The summed E-state index contributed by atoms with van der Waals surface area (Å²) < 4.78 is 7.01. The number of hydrogen-bond acceptors (Lipinski definition) is 1. The number of ether oxygens (including phenoxy) is 1. The second-order valence-electron chi connectivity index (χ2n) is 5.38. The molecule has 0 unspecified atom stereocenters. The number of rotatable bonds is 9. The number of benzene rings is 1. The van der Waals surface area contributed by atoms with Crippen LogP contribution in [0.15, 0.2) is 24.3 Å². The molecular weight excluding hydrogens is 361 g/mol. The lowest BCUT2D eigenvalue weighted by molar-refractivity contribution is -0.923. The Kier molecular flexibility index (Phi) is 10.3. The standard InChI is InChI=1S/C17H30NO.HI/c1-5-18(6-2,7-3)14-8-9-15-19-17-12-10-16(4)11-13-17;/h10-13H,5-9,14-15H2,1-4H3;1H/q+1;/p-1. The van der Waals surface area contributed by atoms with Crippen LogP contribution in [0.25, 0.3) is 0 Å². The smallest absolute Gasteiger partial charge is 0.119 e. The van der Waals surface area contributed by atoms with Crippen molar-refractivity contribution in [3.63, 3.8) is 0 Å². The second-order valence-corrected chi connectivity index (χ2v) is 5.38. The fraction of sp³-hybridized carbons (Fsp3) is 0.647. The van der Waals surface area contributed by atoms with E-state index < -0.39 is 0 Å². The highest BCUT2D eigenvalue weighted by molar-refractivity contribution is 5.26. The van der Waals surface area contributed by atoms with Crippen molar-refractivity contribution in [2.24, 2.45) is 0 Å². The first kappa shape index (κ1) is 19.7. The molecule has 0 heterocycles. The van der Waals surface area contributed by atoms with Crippen molar-refractivity contribution < 1.29 is 33.2 Å². The van der Waals surface area contributed by atoms with Crippen LogP contribution in [0.4, 0.5) is 0 Å². The van der Waals surface area contributed by atoms with Gasteiger partial charge in [-0.3, -0.25) is 0 Å². The van der Waals surface area contributed by atoms with E-state index in [1.54, 1.807) is 0 Å². The number of aryl methyl sites for hydroxylation is 1. The lowest BCUT2D eigenvalue weighted by Gasteiger charge is -2.35. The van der Waals surface area contributed by atoms with Crippen LogP contribution in [0.3, 0.4) is 0 Å². The molecule has 0 atom stereocenters. The number of nitrogens with zero attached hydrogens (tertiary/aromatic N) is 1. The number of halogens is 1. The molecule has 0 spiro atoms. The quantitative estimate of drug-likeness (QED) is 0.347. The summed E-state index contributed by atoms with van der Waals surface area (Å²) in [6.45, 7) is 14.8. The summed E-state index contributed by atoms with van der Waals surface area (Å²) >= 11 is 0. The summed E-state index contributed by atoms with van der Waals surface area (Å²) in [5.74, 6) is 0.993. The van der Waals surface area contributed by atoms with Crippen LogP contribution in [-0.4, -0.2) is 37.3 Å². The summed E-state index contributed by atoms with van der Waals surface area (Å²) in [5.41, 5.74) is 1.28. The molecule has 3 heteroatoms. The number of hydrogen-bond donors (Lipinski definition) is 0. The highest BCUT2D eigenvalue weighted by atomic mass is 127. The average Bonchev–Trinajstić information content (AvgIpc) is 2.45. The third-order valence-corrected chi connectivity index (χ3v) is 4.33. The third-order valence-electron chi connectivity index (χ3n) is 4.33. The van der Waals surface area contributed by atoms with E-state index >= 15 is 0 Å². The normalized spacial score (nSPS) is 11.0. The first-order valence-electron chi connectivity index (χ1n) is 7.70. The molecule has 0 aromatic heterocycles. The molecule has 1 aromatic rings. The van der Waals surface area contributed by atoms with Gasteiger partial charge in [0.1, 0.15) is 5.75 Å². The van der Waals surface area contributed by atoms with Gasteiger partial charge in [0.25, 0.3) is 0 Å². The van der Waals surface area contributed by atoms with E-state index in [0.29, 0.717) is 0 Å². The van der Waals surface area contributed by atoms with Crippen LogP contribution >= 0.6 is 0 Å². The Morgan fingerprint density at radius 3 is 1.95 bits per heavy atom. The highest BCUT2D eigenvalue weighted by Gasteiger charge is 2.19. The zero-order valence-corrected chi connectivity index (χ0v) is 15.7. The van der Waals surface area contributed by atoms with Crippen molar-refractivity contribution in [1.29, 1.82) is 0 Å². The molecule has 0 saturated heterocycles. The van der Waals surface area contributed by atoms with Crippen molar-refractivity contribution in [1.82, 2.24) is 0 Å². The number of quaternary nitrogens is 1. The van der Waals surface area contributed by atoms with Gasteiger partial charge in [-0.05, 0) is 52.7 Å². The monoisotopic (exact) mass is 391 g/mol. The zero-order chi connectivity index (χ0) is 14.1. The molecule has 0 radical (unpaired) electrons. The number of unbranched alkanes of at least 4 members (excludes halogenated alkanes) is 1. The van der Waals surface area contributed by atoms with Gasteiger partial charge in [0, 0.05) is 0 Å². The molecule has 0 fully saturated rings. The molecule has 0 amide bonds. The van der Waals surface area contributed by atoms with Gasteiger partial charge in [-0.2, -0.15) is 0 Å². The van der Waals surface area contributed by atoms with Crippen LogP contribution in [0.5, 0.6) is 5.75 Å². The zero-order valence-electron chi connectivity index (χ0n) is 13.5. The molecular formula is C17H30INO. The van der Waals surface area contributed by atoms with Crippen molar-refractivity contribution in [2.75, 3.05) is 32.8 Å². The molecule has 1 aromatic carbocycles. The van der Waals surface area contributed by atoms with E-state index in [1.165, 1.54) is 42.6 Å². The molecule has 116 valence electrons. The minimum atomic E-state index is 0. The summed E-state index contributed by atoms with van der Waals surface area (Å²) in [6.07, 6.45) is 2.40. The van der Waals surface area contributed by atoms with E-state index in [-0.39, 0.29) is 24.0 Å². The molecule has 0 aliphatic rings. The van der Waals surface area contributed by atoms with E-state index in [9.17, 15) is 0 Å². The van der Waals surface area contributed by atoms with Crippen molar-refractivity contribution >= 4 is 0 Å². The third kappa shape index (κ3) is 6.44. The average molecular weight is 391 g/mol. The molecule has 0 aliphatic carbocycles. The molecule has 0 bridgehead atoms. The van der Waals surface area contributed by atoms with Crippen LogP contribution in [0, 0.1) is 6.92 Å². The Morgan fingerprint density at radius 2 is 1.45 bits per heavy atom. The maximum Gasteiger partial charge on any atom is 0.119 e. The maximum absolute atomic E-state index is 5.77. The fourth-order valence-electron chi connectivity index (χ4n) is 2.52. The Hall–Kier alpha value is -0.290. The van der Waals surface area contributed by atoms with Gasteiger partial charge in [-0.25, -0.2) is 0 Å². The fourth-order valence-corrected chi connectivity index (χ4v) is 2.52. The Bertz CT molecular complexity index is 338. The van der Waals surface area contributed by atoms with Crippen molar-refractivity contribution in [2.45, 2.75) is 40.5 Å². The Labute approximate surface area is 142 Å². The molecule has 0 aliphatic heterocycles. The van der Waals surface area contributed by atoms with Gasteiger partial charge in [-0.15, -0.1) is 0 Å². The lowest BCUT2D eigenvalue weighted by atomic mass is 10.2. The second kappa shape index (κ2) is 10.4. The van der Waals surface area contributed by atoms with Crippen molar-refractivity contribution in [3.05, 3.63) is 29.8 Å². The molecule has 20 heavy (non-hydrogen) atoms. The van der Waals surface area contributed by atoms with E-state index in [1.807, 2.05) is 0 Å².